The Morgan fingerprint density at radius 2 is 1.63 bits per heavy atom. The summed E-state index contributed by atoms with van der Waals surface area (Å²) < 4.78 is 11.2. The van der Waals surface area contributed by atoms with Gasteiger partial charge in [0.2, 0.25) is 11.7 Å². The number of likely N-dealkylation sites (tertiary alicyclic amines) is 1. The van der Waals surface area contributed by atoms with E-state index in [-0.39, 0.29) is 11.8 Å². The van der Waals surface area contributed by atoms with Gasteiger partial charge < -0.3 is 14.2 Å². The fourth-order valence-electron chi connectivity index (χ4n) is 3.29. The first-order valence-corrected chi connectivity index (χ1v) is 9.62. The molecule has 1 saturated heterocycles. The van der Waals surface area contributed by atoms with Gasteiger partial charge in [0.15, 0.2) is 0 Å². The highest BCUT2D eigenvalue weighted by Crippen LogP contribution is 2.29. The van der Waals surface area contributed by atoms with E-state index >= 15 is 0 Å². The topological polar surface area (TPSA) is 81.4 Å². The summed E-state index contributed by atoms with van der Waals surface area (Å²) in [6.45, 7) is 1.11. The normalized spacial score (nSPS) is 13.7. The third-order valence-electron chi connectivity index (χ3n) is 4.98. The molecular formula is C23H18N4O3. The van der Waals surface area contributed by atoms with E-state index < -0.39 is 0 Å². The standard InChI is InChI=1S/C23H18N4O3/c28-23(17-6-8-20(9-7-17)29-19-4-2-1-3-5-19)27-14-18(15-27)22-25-21(26-30-22)16-10-12-24-13-11-16/h1-13,18H,14-15H2. The van der Waals surface area contributed by atoms with Gasteiger partial charge >= 0.3 is 0 Å². The molecular weight excluding hydrogens is 380 g/mol. The van der Waals surface area contributed by atoms with Crippen molar-refractivity contribution in [3.63, 3.8) is 0 Å². The van der Waals surface area contributed by atoms with E-state index in [1.54, 1.807) is 41.6 Å². The zero-order chi connectivity index (χ0) is 20.3. The average Bonchev–Trinajstić information content (AvgIpc) is 3.24. The van der Waals surface area contributed by atoms with E-state index in [0.29, 0.717) is 36.1 Å². The molecule has 0 radical (unpaired) electrons. The number of carbonyl (C=O) groups is 1. The zero-order valence-electron chi connectivity index (χ0n) is 16.0. The van der Waals surface area contributed by atoms with Crippen LogP contribution in [0, 0.1) is 0 Å². The summed E-state index contributed by atoms with van der Waals surface area (Å²) in [4.78, 5) is 22.9. The number of hydrogen-bond acceptors (Lipinski definition) is 6. The lowest BCUT2D eigenvalue weighted by molar-refractivity contribution is 0.0569. The Kier molecular flexibility index (Phi) is 4.69. The van der Waals surface area contributed by atoms with Crippen LogP contribution in [-0.2, 0) is 0 Å². The second-order valence-corrected chi connectivity index (χ2v) is 7.04. The number of ether oxygens (including phenoxy) is 1. The van der Waals surface area contributed by atoms with Gasteiger partial charge in [0.05, 0.1) is 5.92 Å². The molecule has 0 aliphatic carbocycles. The van der Waals surface area contributed by atoms with E-state index in [4.69, 9.17) is 9.26 Å². The molecule has 5 rings (SSSR count). The molecule has 0 saturated carbocycles. The van der Waals surface area contributed by atoms with Crippen molar-refractivity contribution in [2.45, 2.75) is 5.92 Å². The van der Waals surface area contributed by atoms with Crippen molar-refractivity contribution in [1.29, 1.82) is 0 Å². The van der Waals surface area contributed by atoms with E-state index in [9.17, 15) is 4.79 Å². The summed E-state index contributed by atoms with van der Waals surface area (Å²) in [5, 5.41) is 4.03. The van der Waals surface area contributed by atoms with Gasteiger partial charge in [-0.3, -0.25) is 9.78 Å². The number of aromatic nitrogens is 3. The Morgan fingerprint density at radius 1 is 0.933 bits per heavy atom. The largest absolute Gasteiger partial charge is 0.457 e. The first-order valence-electron chi connectivity index (χ1n) is 9.62. The Hall–Kier alpha value is -4.00. The third-order valence-corrected chi connectivity index (χ3v) is 4.98. The molecule has 3 heterocycles. The monoisotopic (exact) mass is 398 g/mol. The van der Waals surface area contributed by atoms with Gasteiger partial charge in [0, 0.05) is 36.6 Å². The summed E-state index contributed by atoms with van der Waals surface area (Å²) in [6.07, 6.45) is 3.37. The number of hydrogen-bond donors (Lipinski definition) is 0. The van der Waals surface area contributed by atoms with Crippen LogP contribution in [0.15, 0.2) is 83.6 Å². The van der Waals surface area contributed by atoms with Crippen molar-refractivity contribution >= 4 is 5.91 Å². The van der Waals surface area contributed by atoms with Crippen LogP contribution in [0.4, 0.5) is 0 Å². The van der Waals surface area contributed by atoms with Gasteiger partial charge in [-0.25, -0.2) is 0 Å². The lowest BCUT2D eigenvalue weighted by Crippen LogP contribution is -2.48. The smallest absolute Gasteiger partial charge is 0.253 e. The molecule has 1 aliphatic heterocycles. The fraction of sp³-hybridized carbons (Fsp3) is 0.130. The maximum Gasteiger partial charge on any atom is 0.253 e. The van der Waals surface area contributed by atoms with Gasteiger partial charge in [-0.15, -0.1) is 0 Å². The Labute approximate surface area is 172 Å². The quantitative estimate of drug-likeness (QED) is 0.502. The number of benzene rings is 2. The molecule has 0 N–H and O–H groups in total. The van der Waals surface area contributed by atoms with Crippen molar-refractivity contribution in [2.75, 3.05) is 13.1 Å². The van der Waals surface area contributed by atoms with E-state index in [0.717, 1.165) is 11.3 Å². The highest BCUT2D eigenvalue weighted by atomic mass is 16.5. The number of rotatable bonds is 5. The highest BCUT2D eigenvalue weighted by Gasteiger charge is 2.36. The second-order valence-electron chi connectivity index (χ2n) is 7.04. The Bertz CT molecular complexity index is 1140. The van der Waals surface area contributed by atoms with Crippen LogP contribution in [0.25, 0.3) is 11.4 Å². The van der Waals surface area contributed by atoms with Gasteiger partial charge in [0.25, 0.3) is 5.91 Å². The average molecular weight is 398 g/mol. The van der Waals surface area contributed by atoms with Crippen molar-refractivity contribution in [3.8, 4) is 22.9 Å². The first-order chi connectivity index (χ1) is 14.8. The van der Waals surface area contributed by atoms with Gasteiger partial charge in [-0.05, 0) is 48.5 Å². The molecule has 1 fully saturated rings. The summed E-state index contributed by atoms with van der Waals surface area (Å²) in [5.41, 5.74) is 1.47. The zero-order valence-corrected chi connectivity index (χ0v) is 16.0. The number of nitrogens with zero attached hydrogens (tertiary/aromatic N) is 4. The van der Waals surface area contributed by atoms with Crippen molar-refractivity contribution in [2.24, 2.45) is 0 Å². The maximum atomic E-state index is 12.7. The van der Waals surface area contributed by atoms with Crippen molar-refractivity contribution in [3.05, 3.63) is 90.6 Å². The third kappa shape index (κ3) is 3.65. The fourth-order valence-corrected chi connectivity index (χ4v) is 3.29. The van der Waals surface area contributed by atoms with Crippen molar-refractivity contribution < 1.29 is 14.1 Å². The lowest BCUT2D eigenvalue weighted by atomic mass is 9.98. The van der Waals surface area contributed by atoms with Crippen LogP contribution in [0.1, 0.15) is 22.2 Å². The molecule has 4 aromatic rings. The summed E-state index contributed by atoms with van der Waals surface area (Å²) in [6, 6.07) is 20.4. The van der Waals surface area contributed by atoms with Crippen LogP contribution < -0.4 is 4.74 Å². The maximum absolute atomic E-state index is 12.7. The molecule has 1 amide bonds. The summed E-state index contributed by atoms with van der Waals surface area (Å²) in [5.74, 6) is 2.56. The molecule has 7 heteroatoms. The van der Waals surface area contributed by atoms with Crippen LogP contribution in [0.5, 0.6) is 11.5 Å². The number of pyridine rings is 1. The van der Waals surface area contributed by atoms with E-state index in [1.807, 2.05) is 42.5 Å². The Balaban J connectivity index is 1.19. The van der Waals surface area contributed by atoms with Gasteiger partial charge in [-0.1, -0.05) is 23.4 Å². The predicted octanol–water partition coefficient (Wildman–Crippen LogP) is 4.16. The number of para-hydroxylation sites is 1. The SMILES string of the molecule is O=C(c1ccc(Oc2ccccc2)cc1)N1CC(c2nc(-c3ccncc3)no2)C1. The van der Waals surface area contributed by atoms with Crippen molar-refractivity contribution in [1.82, 2.24) is 20.0 Å². The second kappa shape index (κ2) is 7.79. The van der Waals surface area contributed by atoms with E-state index in [1.165, 1.54) is 0 Å². The summed E-state index contributed by atoms with van der Waals surface area (Å²) in [7, 11) is 0. The molecule has 0 atom stereocenters. The molecule has 1 aliphatic rings. The first kappa shape index (κ1) is 18.1. The minimum Gasteiger partial charge on any atom is -0.457 e. The van der Waals surface area contributed by atoms with Crippen LogP contribution >= 0.6 is 0 Å². The minimum atomic E-state index is -0.0219. The number of amides is 1. The van der Waals surface area contributed by atoms with Gasteiger partial charge in [0.1, 0.15) is 11.5 Å². The number of carbonyl (C=O) groups excluding carboxylic acids is 1. The van der Waals surface area contributed by atoms with Crippen LogP contribution in [-0.4, -0.2) is 39.0 Å². The molecule has 2 aromatic heterocycles. The molecule has 7 nitrogen and oxygen atoms in total. The molecule has 0 spiro atoms. The molecule has 2 aromatic carbocycles. The van der Waals surface area contributed by atoms with Crippen LogP contribution in [0.2, 0.25) is 0 Å². The van der Waals surface area contributed by atoms with Crippen LogP contribution in [0.3, 0.4) is 0 Å². The molecule has 30 heavy (non-hydrogen) atoms. The van der Waals surface area contributed by atoms with E-state index in [2.05, 4.69) is 15.1 Å². The molecule has 148 valence electrons. The Morgan fingerprint density at radius 3 is 2.37 bits per heavy atom. The lowest BCUT2D eigenvalue weighted by Gasteiger charge is -2.37. The minimum absolute atomic E-state index is 0.0219. The predicted molar refractivity (Wildman–Crippen MR) is 109 cm³/mol. The summed E-state index contributed by atoms with van der Waals surface area (Å²) >= 11 is 0. The molecule has 0 unspecified atom stereocenters. The highest BCUT2D eigenvalue weighted by molar-refractivity contribution is 5.95. The van der Waals surface area contributed by atoms with Gasteiger partial charge in [-0.2, -0.15) is 4.98 Å². The molecule has 0 bridgehead atoms.